The maximum atomic E-state index is 3.27. The molecule has 0 aliphatic carbocycles. The summed E-state index contributed by atoms with van der Waals surface area (Å²) in [5.41, 5.74) is 0. The molecule has 0 saturated carbocycles. The van der Waals surface area contributed by atoms with Crippen LogP contribution in [0.15, 0.2) is 0 Å². The lowest BCUT2D eigenvalue weighted by Crippen LogP contribution is -1.69. The molecule has 0 fully saturated rings. The van der Waals surface area contributed by atoms with Crippen molar-refractivity contribution in [2.45, 2.75) is 18.7 Å². The van der Waals surface area contributed by atoms with Gasteiger partial charge in [-0.15, -0.1) is 0 Å². The largest absolute Gasteiger partial charge is 0.316 e. The van der Waals surface area contributed by atoms with Gasteiger partial charge in [0.05, 0.1) is 0 Å². The Balaban J connectivity index is 0. The molecular weight excluding hydrogens is 140 g/mol. The van der Waals surface area contributed by atoms with Gasteiger partial charge in [0.15, 0.2) is 0 Å². The van der Waals surface area contributed by atoms with Crippen molar-refractivity contribution < 1.29 is 0 Å². The van der Waals surface area contributed by atoms with Crippen molar-refractivity contribution in [1.82, 2.24) is 0 Å². The van der Waals surface area contributed by atoms with E-state index in [4.69, 9.17) is 0 Å². The first-order valence-electron chi connectivity index (χ1n) is 1.37. The topological polar surface area (TPSA) is 0 Å². The Morgan fingerprint density at radius 1 is 1.40 bits per heavy atom. The van der Waals surface area contributed by atoms with E-state index in [9.17, 15) is 0 Å². The van der Waals surface area contributed by atoms with Crippen LogP contribution in [0.3, 0.4) is 0 Å². The van der Waals surface area contributed by atoms with Crippen molar-refractivity contribution in [2.75, 3.05) is 0 Å². The molecule has 0 aromatic heterocycles. The van der Waals surface area contributed by atoms with E-state index in [2.05, 4.69) is 29.8 Å². The fraction of sp³-hybridized carbons (Fsp3) is 1.00. The van der Waals surface area contributed by atoms with Crippen LogP contribution in [0.25, 0.3) is 0 Å². The Morgan fingerprint density at radius 2 is 1.40 bits per heavy atom. The Kier molecular flexibility index (Phi) is 10.0. The lowest BCUT2D eigenvalue weighted by Gasteiger charge is -1.76. The molecule has 0 aliphatic heterocycles. The highest BCUT2D eigenvalue weighted by Crippen LogP contribution is 1.89. The number of alkyl halides is 1. The first-order chi connectivity index (χ1) is 1.73. The highest BCUT2D eigenvalue weighted by molar-refractivity contribution is 9.09. The predicted molar refractivity (Wildman–Crippen MR) is 32.6 cm³/mol. The van der Waals surface area contributed by atoms with Crippen molar-refractivity contribution in [2.24, 2.45) is 0 Å². The molecular formula is C3H9BrMg. The van der Waals surface area contributed by atoms with Gasteiger partial charge in [-0.3, -0.25) is 0 Å². The molecule has 0 atom stereocenters. The lowest BCUT2D eigenvalue weighted by atomic mass is 10.6. The Hall–Kier alpha value is 1.25. The standard InChI is InChI=1S/C3H7Br.Mg.2H/c1-3(2)4;;;/h3H,1-2H3;;;. The molecule has 0 bridgehead atoms. The summed E-state index contributed by atoms with van der Waals surface area (Å²) in [6.07, 6.45) is 0. The minimum Gasteiger partial charge on any atom is -0.0897 e. The van der Waals surface area contributed by atoms with Crippen LogP contribution >= 0.6 is 15.9 Å². The summed E-state index contributed by atoms with van der Waals surface area (Å²) >= 11 is 3.27. The second-order valence-corrected chi connectivity index (χ2v) is 2.85. The highest BCUT2D eigenvalue weighted by atomic mass is 79.9. The summed E-state index contributed by atoms with van der Waals surface area (Å²) < 4.78 is 0. The van der Waals surface area contributed by atoms with E-state index in [1.807, 2.05) is 0 Å². The monoisotopic (exact) mass is 148 g/mol. The van der Waals surface area contributed by atoms with E-state index in [0.717, 1.165) is 0 Å². The summed E-state index contributed by atoms with van der Waals surface area (Å²) in [7, 11) is 0. The van der Waals surface area contributed by atoms with Crippen molar-refractivity contribution >= 4 is 39.0 Å². The number of halogens is 1. The van der Waals surface area contributed by atoms with Gasteiger partial charge in [-0.25, -0.2) is 0 Å². The molecule has 0 aromatic carbocycles. The van der Waals surface area contributed by atoms with E-state index in [1.165, 1.54) is 0 Å². The fourth-order valence-electron chi connectivity index (χ4n) is 0. The molecule has 0 aromatic rings. The fourth-order valence-corrected chi connectivity index (χ4v) is 0. The smallest absolute Gasteiger partial charge is 0.0897 e. The Bertz CT molecular complexity index is 11.6. The van der Waals surface area contributed by atoms with E-state index in [-0.39, 0.29) is 23.1 Å². The summed E-state index contributed by atoms with van der Waals surface area (Å²) in [6, 6.07) is 0. The highest BCUT2D eigenvalue weighted by Gasteiger charge is 1.71. The van der Waals surface area contributed by atoms with Crippen LogP contribution in [-0.2, 0) is 0 Å². The second kappa shape index (κ2) is 5.25. The first-order valence-corrected chi connectivity index (χ1v) is 2.29. The van der Waals surface area contributed by atoms with Crippen LogP contribution in [0.1, 0.15) is 13.8 Å². The molecule has 0 saturated heterocycles. The van der Waals surface area contributed by atoms with E-state index >= 15 is 0 Å². The van der Waals surface area contributed by atoms with E-state index in [0.29, 0.717) is 4.83 Å². The molecule has 0 rings (SSSR count). The maximum absolute atomic E-state index is 3.27. The predicted octanol–water partition coefficient (Wildman–Crippen LogP) is 0.873. The molecule has 0 N–H and O–H groups in total. The van der Waals surface area contributed by atoms with Crippen molar-refractivity contribution in [3.8, 4) is 0 Å². The van der Waals surface area contributed by atoms with E-state index in [1.54, 1.807) is 0 Å². The molecule has 0 nitrogen and oxygen atoms in total. The number of hydrogen-bond donors (Lipinski definition) is 0. The van der Waals surface area contributed by atoms with Gasteiger partial charge in [0.25, 0.3) is 0 Å². The minimum absolute atomic E-state index is 0. The van der Waals surface area contributed by atoms with Gasteiger partial charge in [0.2, 0.25) is 0 Å². The molecule has 2 heteroatoms. The zero-order valence-electron chi connectivity index (χ0n) is 2.96. The maximum Gasteiger partial charge on any atom is 0.316 e. The van der Waals surface area contributed by atoms with Crippen LogP contribution in [0.5, 0.6) is 0 Å². The van der Waals surface area contributed by atoms with Crippen LogP contribution in [-0.4, -0.2) is 27.9 Å². The summed E-state index contributed by atoms with van der Waals surface area (Å²) in [5.74, 6) is 0. The second-order valence-electron chi connectivity index (χ2n) is 1.01. The molecule has 0 aliphatic rings. The van der Waals surface area contributed by atoms with Crippen LogP contribution in [0, 0.1) is 0 Å². The third-order valence-electron chi connectivity index (χ3n) is 0. The van der Waals surface area contributed by atoms with E-state index < -0.39 is 0 Å². The Labute approximate surface area is 57.6 Å². The van der Waals surface area contributed by atoms with Gasteiger partial charge in [0, 0.05) is 4.83 Å². The molecule has 0 spiro atoms. The molecule has 0 radical (unpaired) electrons. The first kappa shape index (κ1) is 9.53. The quantitative estimate of drug-likeness (QED) is 0.354. The van der Waals surface area contributed by atoms with Crippen LogP contribution in [0.4, 0.5) is 0 Å². The zero-order chi connectivity index (χ0) is 3.58. The lowest BCUT2D eigenvalue weighted by molar-refractivity contribution is 1.14. The zero-order valence-corrected chi connectivity index (χ0v) is 4.54. The van der Waals surface area contributed by atoms with Crippen LogP contribution in [0.2, 0.25) is 0 Å². The van der Waals surface area contributed by atoms with Crippen LogP contribution < -0.4 is 0 Å². The van der Waals surface area contributed by atoms with Crippen molar-refractivity contribution in [1.29, 1.82) is 0 Å². The normalized spacial score (nSPS) is 7.20. The molecule has 0 amide bonds. The van der Waals surface area contributed by atoms with Gasteiger partial charge in [0.1, 0.15) is 0 Å². The molecule has 5 heavy (non-hydrogen) atoms. The summed E-state index contributed by atoms with van der Waals surface area (Å²) in [4.78, 5) is 0.646. The average molecular weight is 149 g/mol. The van der Waals surface area contributed by atoms with Gasteiger partial charge in [-0.05, 0) is 0 Å². The molecule has 0 unspecified atom stereocenters. The van der Waals surface area contributed by atoms with Gasteiger partial charge >= 0.3 is 23.1 Å². The molecule has 30 valence electrons. The van der Waals surface area contributed by atoms with Crippen molar-refractivity contribution in [3.05, 3.63) is 0 Å². The third kappa shape index (κ3) is 35.6. The summed E-state index contributed by atoms with van der Waals surface area (Å²) in [6.45, 7) is 4.17. The summed E-state index contributed by atoms with van der Waals surface area (Å²) in [5, 5.41) is 0. The van der Waals surface area contributed by atoms with Crippen molar-refractivity contribution in [3.63, 3.8) is 0 Å². The SMILES string of the molecule is CC(C)Br.[MgH2]. The third-order valence-corrected chi connectivity index (χ3v) is 0. The average Bonchev–Trinajstić information content (AvgIpc) is 0.811. The number of rotatable bonds is 0. The Morgan fingerprint density at radius 3 is 1.40 bits per heavy atom. The minimum atomic E-state index is 0. The van der Waals surface area contributed by atoms with Gasteiger partial charge < -0.3 is 0 Å². The number of hydrogen-bond acceptors (Lipinski definition) is 0. The van der Waals surface area contributed by atoms with Gasteiger partial charge in [-0.2, -0.15) is 0 Å². The molecule has 0 heterocycles. The van der Waals surface area contributed by atoms with Gasteiger partial charge in [-0.1, -0.05) is 29.8 Å².